The Hall–Kier alpha value is -2.32. The molecule has 138 valence electrons. The molecular formula is C18H19BrN2O4S. The van der Waals surface area contributed by atoms with Crippen LogP contribution in [-0.4, -0.2) is 35.0 Å². The first-order chi connectivity index (χ1) is 12.3. The lowest BCUT2D eigenvalue weighted by molar-refractivity contribution is 0.0957. The molecule has 0 aliphatic carbocycles. The van der Waals surface area contributed by atoms with Crippen LogP contribution >= 0.6 is 15.9 Å². The van der Waals surface area contributed by atoms with Crippen LogP contribution in [0.1, 0.15) is 10.4 Å². The summed E-state index contributed by atoms with van der Waals surface area (Å²) in [5.41, 5.74) is 0.783. The molecule has 26 heavy (non-hydrogen) atoms. The van der Waals surface area contributed by atoms with Gasteiger partial charge in [-0.15, -0.1) is 0 Å². The molecule has 0 spiro atoms. The molecule has 1 amide bonds. The number of nitrogens with zero attached hydrogens (tertiary/aromatic N) is 1. The quantitative estimate of drug-likeness (QED) is 0.719. The summed E-state index contributed by atoms with van der Waals surface area (Å²) in [4.78, 5) is 12.1. The molecular weight excluding hydrogens is 420 g/mol. The van der Waals surface area contributed by atoms with Crippen molar-refractivity contribution in [2.24, 2.45) is 0 Å². The lowest BCUT2D eigenvalue weighted by atomic mass is 10.2. The number of carbonyl (C=O) groups is 1. The number of ether oxygens (including phenoxy) is 1. The van der Waals surface area contributed by atoms with E-state index in [1.165, 1.54) is 38.4 Å². The van der Waals surface area contributed by atoms with E-state index in [0.29, 0.717) is 21.5 Å². The van der Waals surface area contributed by atoms with E-state index in [1.54, 1.807) is 24.3 Å². The van der Waals surface area contributed by atoms with Gasteiger partial charge in [0.2, 0.25) is 0 Å². The number of hydrogen-bond donors (Lipinski definition) is 1. The molecule has 0 bridgehead atoms. The molecule has 0 aliphatic heterocycles. The maximum atomic E-state index is 12.8. The number of nitrogens with one attached hydrogen (secondary N) is 1. The van der Waals surface area contributed by atoms with Crippen molar-refractivity contribution in [1.82, 2.24) is 5.32 Å². The fourth-order valence-electron chi connectivity index (χ4n) is 2.23. The topological polar surface area (TPSA) is 75.7 Å². The molecule has 0 saturated heterocycles. The van der Waals surface area contributed by atoms with E-state index < -0.39 is 10.0 Å². The van der Waals surface area contributed by atoms with Crippen LogP contribution < -0.4 is 14.4 Å². The molecule has 0 aliphatic rings. The summed E-state index contributed by atoms with van der Waals surface area (Å²) in [6.07, 6.45) is 0. The number of anilines is 1. The van der Waals surface area contributed by atoms with E-state index in [2.05, 4.69) is 27.8 Å². The molecule has 0 radical (unpaired) electrons. The Labute approximate surface area is 161 Å². The zero-order chi connectivity index (χ0) is 19.3. The number of sulfonamides is 1. The van der Waals surface area contributed by atoms with Crippen molar-refractivity contribution in [3.05, 3.63) is 65.2 Å². The number of methoxy groups -OCH3 is 1. The summed E-state index contributed by atoms with van der Waals surface area (Å²) in [6, 6.07) is 12.6. The summed E-state index contributed by atoms with van der Waals surface area (Å²) in [5.74, 6) is 0.136. The Morgan fingerprint density at radius 1 is 1.19 bits per heavy atom. The van der Waals surface area contributed by atoms with Crippen LogP contribution in [-0.2, 0) is 10.0 Å². The minimum Gasteiger partial charge on any atom is -0.495 e. The highest BCUT2D eigenvalue weighted by Gasteiger charge is 2.23. The number of halogens is 1. The molecule has 0 unspecified atom stereocenters. The Kier molecular flexibility index (Phi) is 6.44. The molecule has 8 heteroatoms. The Morgan fingerprint density at radius 2 is 1.81 bits per heavy atom. The van der Waals surface area contributed by atoms with Gasteiger partial charge in [0, 0.05) is 23.6 Å². The van der Waals surface area contributed by atoms with Gasteiger partial charge in [-0.3, -0.25) is 9.10 Å². The fraction of sp³-hybridized carbons (Fsp3) is 0.167. The Morgan fingerprint density at radius 3 is 2.38 bits per heavy atom. The van der Waals surface area contributed by atoms with Crippen molar-refractivity contribution in [3.63, 3.8) is 0 Å². The van der Waals surface area contributed by atoms with Gasteiger partial charge in [0.15, 0.2) is 0 Å². The maximum absolute atomic E-state index is 12.8. The molecule has 0 heterocycles. The van der Waals surface area contributed by atoms with Gasteiger partial charge in [-0.25, -0.2) is 8.42 Å². The number of carbonyl (C=O) groups excluding carboxylic acids is 1. The first-order valence-electron chi connectivity index (χ1n) is 7.61. The van der Waals surface area contributed by atoms with Crippen molar-refractivity contribution in [2.75, 3.05) is 25.0 Å². The molecule has 2 aromatic carbocycles. The van der Waals surface area contributed by atoms with E-state index >= 15 is 0 Å². The van der Waals surface area contributed by atoms with Gasteiger partial charge in [-0.05, 0) is 36.4 Å². The average molecular weight is 439 g/mol. The van der Waals surface area contributed by atoms with Crippen LogP contribution in [0.15, 0.2) is 64.5 Å². The zero-order valence-corrected chi connectivity index (χ0v) is 16.8. The SMILES string of the molecule is C=C(Br)CNC(=O)c1ccc(S(=O)(=O)N(C)c2ccccc2OC)cc1. The number of rotatable bonds is 7. The van der Waals surface area contributed by atoms with Gasteiger partial charge in [-0.2, -0.15) is 0 Å². The van der Waals surface area contributed by atoms with E-state index in [0.717, 1.165) is 4.31 Å². The second kappa shape index (κ2) is 8.37. The highest BCUT2D eigenvalue weighted by Crippen LogP contribution is 2.30. The third kappa shape index (κ3) is 4.44. The highest BCUT2D eigenvalue weighted by molar-refractivity contribution is 9.11. The number of hydrogen-bond acceptors (Lipinski definition) is 4. The molecule has 2 aromatic rings. The normalized spacial score (nSPS) is 10.9. The Balaban J connectivity index is 2.26. The number of benzene rings is 2. The third-order valence-corrected chi connectivity index (χ3v) is 5.71. The van der Waals surface area contributed by atoms with Crippen molar-refractivity contribution in [3.8, 4) is 5.75 Å². The van der Waals surface area contributed by atoms with Crippen LogP contribution in [0.5, 0.6) is 5.75 Å². The summed E-state index contributed by atoms with van der Waals surface area (Å²) in [7, 11) is -0.859. The second-order valence-electron chi connectivity index (χ2n) is 5.37. The average Bonchev–Trinajstić information content (AvgIpc) is 2.65. The van der Waals surface area contributed by atoms with E-state index in [1.807, 2.05) is 0 Å². The first kappa shape index (κ1) is 20.0. The summed E-state index contributed by atoms with van der Waals surface area (Å²) in [6.45, 7) is 3.92. The van der Waals surface area contributed by atoms with E-state index in [-0.39, 0.29) is 17.3 Å². The molecule has 0 fully saturated rings. The highest BCUT2D eigenvalue weighted by atomic mass is 79.9. The van der Waals surface area contributed by atoms with Crippen LogP contribution in [0, 0.1) is 0 Å². The molecule has 2 rings (SSSR count). The fourth-order valence-corrected chi connectivity index (χ4v) is 3.58. The second-order valence-corrected chi connectivity index (χ2v) is 8.46. The molecule has 6 nitrogen and oxygen atoms in total. The van der Waals surface area contributed by atoms with E-state index in [9.17, 15) is 13.2 Å². The van der Waals surface area contributed by atoms with Crippen molar-refractivity contribution >= 4 is 37.5 Å². The van der Waals surface area contributed by atoms with Gasteiger partial charge in [0.25, 0.3) is 15.9 Å². The molecule has 0 atom stereocenters. The lowest BCUT2D eigenvalue weighted by Gasteiger charge is -2.21. The zero-order valence-electron chi connectivity index (χ0n) is 14.4. The predicted octanol–water partition coefficient (Wildman–Crippen LogP) is 3.16. The van der Waals surface area contributed by atoms with Crippen LogP contribution in [0.2, 0.25) is 0 Å². The number of amides is 1. The van der Waals surface area contributed by atoms with Gasteiger partial charge in [0.05, 0.1) is 17.7 Å². The maximum Gasteiger partial charge on any atom is 0.264 e. The summed E-state index contributed by atoms with van der Waals surface area (Å²) in [5, 5.41) is 2.66. The minimum atomic E-state index is -3.79. The molecule has 0 saturated carbocycles. The van der Waals surface area contributed by atoms with Crippen molar-refractivity contribution in [1.29, 1.82) is 0 Å². The summed E-state index contributed by atoms with van der Waals surface area (Å²) >= 11 is 3.16. The largest absolute Gasteiger partial charge is 0.495 e. The summed E-state index contributed by atoms with van der Waals surface area (Å²) < 4.78 is 32.7. The van der Waals surface area contributed by atoms with Gasteiger partial charge < -0.3 is 10.1 Å². The van der Waals surface area contributed by atoms with Gasteiger partial charge in [-0.1, -0.05) is 34.6 Å². The minimum absolute atomic E-state index is 0.0763. The molecule has 1 N–H and O–H groups in total. The van der Waals surface area contributed by atoms with Crippen LogP contribution in [0.4, 0.5) is 5.69 Å². The number of para-hydroxylation sites is 2. The predicted molar refractivity (Wildman–Crippen MR) is 105 cm³/mol. The van der Waals surface area contributed by atoms with Crippen molar-refractivity contribution in [2.45, 2.75) is 4.90 Å². The smallest absolute Gasteiger partial charge is 0.264 e. The van der Waals surface area contributed by atoms with Gasteiger partial charge >= 0.3 is 0 Å². The standard InChI is InChI=1S/C18H19BrN2O4S/c1-13(19)12-20-18(22)14-8-10-15(11-9-14)26(23,24)21(2)16-6-4-5-7-17(16)25-3/h4-11H,1,12H2,2-3H3,(H,20,22). The monoisotopic (exact) mass is 438 g/mol. The van der Waals surface area contributed by atoms with E-state index in [4.69, 9.17) is 4.74 Å². The van der Waals surface area contributed by atoms with Crippen molar-refractivity contribution < 1.29 is 17.9 Å². The van der Waals surface area contributed by atoms with Crippen LogP contribution in [0.3, 0.4) is 0 Å². The third-order valence-electron chi connectivity index (χ3n) is 3.64. The first-order valence-corrected chi connectivity index (χ1v) is 9.84. The lowest BCUT2D eigenvalue weighted by Crippen LogP contribution is -2.27. The van der Waals surface area contributed by atoms with Gasteiger partial charge in [0.1, 0.15) is 5.75 Å². The molecule has 0 aromatic heterocycles. The Bertz CT molecular complexity index is 911. The van der Waals surface area contributed by atoms with Crippen LogP contribution in [0.25, 0.3) is 0 Å².